The number of nitrogens with zero attached hydrogens (tertiary/aromatic N) is 1. The minimum atomic E-state index is -0.174. The first-order valence-corrected chi connectivity index (χ1v) is 9.92. The first-order chi connectivity index (χ1) is 14.2. The molecular formula is C24H15BrN2O2. The summed E-state index contributed by atoms with van der Waals surface area (Å²) in [7, 11) is 0. The highest BCUT2D eigenvalue weighted by Crippen LogP contribution is 2.30. The molecule has 0 saturated heterocycles. The molecule has 1 amide bonds. The zero-order chi connectivity index (χ0) is 19.8. The number of benzene rings is 4. The van der Waals surface area contributed by atoms with Gasteiger partial charge in [0, 0.05) is 26.7 Å². The molecule has 5 heteroatoms. The normalized spacial score (nSPS) is 11.1. The van der Waals surface area contributed by atoms with E-state index in [-0.39, 0.29) is 5.91 Å². The van der Waals surface area contributed by atoms with Gasteiger partial charge >= 0.3 is 0 Å². The second-order valence-electron chi connectivity index (χ2n) is 6.70. The van der Waals surface area contributed by atoms with Crippen molar-refractivity contribution in [3.8, 4) is 11.5 Å². The second-order valence-corrected chi connectivity index (χ2v) is 7.61. The molecule has 0 spiro atoms. The van der Waals surface area contributed by atoms with Gasteiger partial charge in [-0.2, -0.15) is 0 Å². The summed E-state index contributed by atoms with van der Waals surface area (Å²) in [4.78, 5) is 17.2. The number of hydrogen-bond donors (Lipinski definition) is 1. The molecule has 0 aliphatic carbocycles. The van der Waals surface area contributed by atoms with Crippen LogP contribution >= 0.6 is 15.9 Å². The summed E-state index contributed by atoms with van der Waals surface area (Å²) in [5, 5.41) is 5.10. The van der Waals surface area contributed by atoms with Crippen molar-refractivity contribution < 1.29 is 9.21 Å². The van der Waals surface area contributed by atoms with Crippen LogP contribution in [0.2, 0.25) is 0 Å². The molecule has 0 fully saturated rings. The minimum absolute atomic E-state index is 0.174. The average Bonchev–Trinajstić information content (AvgIpc) is 3.19. The standard InChI is InChI=1S/C24H15BrN2O2/c25-18-8-3-6-16(13-18)23(28)26-19-9-4-7-17(14-19)24-27-22-20-10-2-1-5-15(20)11-12-21(22)29-24/h1-14H,(H,26,28). The lowest BCUT2D eigenvalue weighted by atomic mass is 10.1. The Morgan fingerprint density at radius 2 is 1.76 bits per heavy atom. The van der Waals surface area contributed by atoms with Crippen LogP contribution in [0.3, 0.4) is 0 Å². The Kier molecular flexibility index (Phi) is 4.37. The van der Waals surface area contributed by atoms with E-state index in [4.69, 9.17) is 9.40 Å². The molecule has 1 N–H and O–H groups in total. The van der Waals surface area contributed by atoms with Crippen molar-refractivity contribution in [2.24, 2.45) is 0 Å². The predicted octanol–water partition coefficient (Wildman–Crippen LogP) is 6.66. The van der Waals surface area contributed by atoms with Gasteiger partial charge in [-0.1, -0.05) is 58.4 Å². The van der Waals surface area contributed by atoms with Gasteiger partial charge in [0.1, 0.15) is 5.52 Å². The number of oxazole rings is 1. The molecular weight excluding hydrogens is 428 g/mol. The molecule has 1 heterocycles. The lowest BCUT2D eigenvalue weighted by Gasteiger charge is -2.06. The Labute approximate surface area is 175 Å². The smallest absolute Gasteiger partial charge is 0.255 e. The lowest BCUT2D eigenvalue weighted by molar-refractivity contribution is 0.102. The molecule has 0 bridgehead atoms. The Bertz CT molecular complexity index is 1370. The molecule has 5 rings (SSSR count). The van der Waals surface area contributed by atoms with E-state index in [0.717, 1.165) is 31.9 Å². The third-order valence-electron chi connectivity index (χ3n) is 4.74. The van der Waals surface area contributed by atoms with Crippen LogP contribution in [0, 0.1) is 0 Å². The number of carbonyl (C=O) groups is 1. The number of rotatable bonds is 3. The largest absolute Gasteiger partial charge is 0.436 e. The van der Waals surface area contributed by atoms with Crippen LogP contribution in [0.1, 0.15) is 10.4 Å². The maximum atomic E-state index is 12.5. The second kappa shape index (κ2) is 7.18. The molecule has 0 radical (unpaired) electrons. The van der Waals surface area contributed by atoms with Crippen molar-refractivity contribution in [3.63, 3.8) is 0 Å². The monoisotopic (exact) mass is 442 g/mol. The zero-order valence-corrected chi connectivity index (χ0v) is 16.8. The maximum absolute atomic E-state index is 12.5. The fraction of sp³-hybridized carbons (Fsp3) is 0. The molecule has 0 unspecified atom stereocenters. The Hall–Kier alpha value is -3.44. The molecule has 4 aromatic carbocycles. The molecule has 5 aromatic rings. The maximum Gasteiger partial charge on any atom is 0.255 e. The van der Waals surface area contributed by atoms with Crippen molar-refractivity contribution in [1.82, 2.24) is 4.98 Å². The Morgan fingerprint density at radius 3 is 2.66 bits per heavy atom. The van der Waals surface area contributed by atoms with Crippen LogP contribution in [-0.2, 0) is 0 Å². The highest BCUT2D eigenvalue weighted by atomic mass is 79.9. The summed E-state index contributed by atoms with van der Waals surface area (Å²) in [6.45, 7) is 0. The van der Waals surface area contributed by atoms with Gasteiger partial charge in [-0.05, 0) is 47.9 Å². The number of hydrogen-bond acceptors (Lipinski definition) is 3. The minimum Gasteiger partial charge on any atom is -0.436 e. The van der Waals surface area contributed by atoms with E-state index in [9.17, 15) is 4.79 Å². The van der Waals surface area contributed by atoms with Gasteiger partial charge < -0.3 is 9.73 Å². The van der Waals surface area contributed by atoms with E-state index >= 15 is 0 Å². The number of fused-ring (bicyclic) bond motifs is 3. The topological polar surface area (TPSA) is 55.1 Å². The Morgan fingerprint density at radius 1 is 0.897 bits per heavy atom. The van der Waals surface area contributed by atoms with Gasteiger partial charge in [0.15, 0.2) is 5.58 Å². The molecule has 29 heavy (non-hydrogen) atoms. The predicted molar refractivity (Wildman–Crippen MR) is 119 cm³/mol. The molecule has 0 saturated carbocycles. The van der Waals surface area contributed by atoms with E-state index in [1.54, 1.807) is 12.1 Å². The SMILES string of the molecule is O=C(Nc1cccc(-c2nc3c(ccc4ccccc43)o2)c1)c1cccc(Br)c1. The molecule has 0 aliphatic rings. The number of aromatic nitrogens is 1. The summed E-state index contributed by atoms with van der Waals surface area (Å²) < 4.78 is 6.85. The first kappa shape index (κ1) is 17.6. The lowest BCUT2D eigenvalue weighted by Crippen LogP contribution is -2.11. The van der Waals surface area contributed by atoms with E-state index in [0.29, 0.717) is 17.1 Å². The van der Waals surface area contributed by atoms with Gasteiger partial charge in [-0.15, -0.1) is 0 Å². The number of carbonyl (C=O) groups excluding carboxylic acids is 1. The van der Waals surface area contributed by atoms with E-state index in [1.807, 2.05) is 66.7 Å². The summed E-state index contributed by atoms with van der Waals surface area (Å²) in [5.74, 6) is 0.349. The van der Waals surface area contributed by atoms with Crippen molar-refractivity contribution in [2.75, 3.05) is 5.32 Å². The van der Waals surface area contributed by atoms with E-state index in [1.165, 1.54) is 0 Å². The highest BCUT2D eigenvalue weighted by molar-refractivity contribution is 9.10. The van der Waals surface area contributed by atoms with Gasteiger partial charge in [-0.3, -0.25) is 4.79 Å². The Balaban J connectivity index is 1.49. The van der Waals surface area contributed by atoms with Crippen molar-refractivity contribution in [3.05, 3.63) is 95.0 Å². The van der Waals surface area contributed by atoms with Crippen molar-refractivity contribution >= 4 is 49.4 Å². The summed E-state index contributed by atoms with van der Waals surface area (Å²) in [6, 6.07) is 26.8. The van der Waals surface area contributed by atoms with Gasteiger partial charge in [-0.25, -0.2) is 4.98 Å². The van der Waals surface area contributed by atoms with Crippen molar-refractivity contribution in [2.45, 2.75) is 0 Å². The van der Waals surface area contributed by atoms with Crippen LogP contribution in [0.25, 0.3) is 33.3 Å². The molecule has 4 nitrogen and oxygen atoms in total. The quantitative estimate of drug-likeness (QED) is 0.339. The molecule has 140 valence electrons. The summed E-state index contributed by atoms with van der Waals surface area (Å²) in [6.07, 6.45) is 0. The highest BCUT2D eigenvalue weighted by Gasteiger charge is 2.12. The summed E-state index contributed by atoms with van der Waals surface area (Å²) >= 11 is 3.39. The van der Waals surface area contributed by atoms with Gasteiger partial charge in [0.05, 0.1) is 0 Å². The average molecular weight is 443 g/mol. The van der Waals surface area contributed by atoms with Crippen LogP contribution in [-0.4, -0.2) is 10.9 Å². The van der Waals surface area contributed by atoms with Crippen LogP contribution in [0.4, 0.5) is 5.69 Å². The van der Waals surface area contributed by atoms with E-state index < -0.39 is 0 Å². The van der Waals surface area contributed by atoms with E-state index in [2.05, 4.69) is 27.3 Å². The fourth-order valence-corrected chi connectivity index (χ4v) is 3.75. The molecule has 1 aromatic heterocycles. The summed E-state index contributed by atoms with van der Waals surface area (Å²) in [5.41, 5.74) is 3.64. The fourth-order valence-electron chi connectivity index (χ4n) is 3.35. The molecule has 0 atom stereocenters. The third kappa shape index (κ3) is 3.41. The van der Waals surface area contributed by atoms with Crippen LogP contribution in [0.5, 0.6) is 0 Å². The molecule has 0 aliphatic heterocycles. The van der Waals surface area contributed by atoms with Gasteiger partial charge in [0.25, 0.3) is 5.91 Å². The number of halogens is 1. The van der Waals surface area contributed by atoms with Crippen LogP contribution in [0.15, 0.2) is 93.8 Å². The third-order valence-corrected chi connectivity index (χ3v) is 5.23. The number of anilines is 1. The van der Waals surface area contributed by atoms with Crippen molar-refractivity contribution in [1.29, 1.82) is 0 Å². The first-order valence-electron chi connectivity index (χ1n) is 9.13. The van der Waals surface area contributed by atoms with Gasteiger partial charge in [0.2, 0.25) is 5.89 Å². The number of amides is 1. The number of nitrogens with one attached hydrogen (secondary N) is 1. The zero-order valence-electron chi connectivity index (χ0n) is 15.2. The van der Waals surface area contributed by atoms with Crippen LogP contribution < -0.4 is 5.32 Å².